The van der Waals surface area contributed by atoms with E-state index in [1.54, 1.807) is 19.2 Å². The van der Waals surface area contributed by atoms with E-state index in [-0.39, 0.29) is 5.91 Å². The van der Waals surface area contributed by atoms with Crippen molar-refractivity contribution in [2.24, 2.45) is 0 Å². The highest BCUT2D eigenvalue weighted by Gasteiger charge is 2.07. The second kappa shape index (κ2) is 6.43. The van der Waals surface area contributed by atoms with Gasteiger partial charge in [-0.05, 0) is 35.9 Å². The topological polar surface area (TPSA) is 64.3 Å². The Morgan fingerprint density at radius 3 is 2.55 bits per heavy atom. The van der Waals surface area contributed by atoms with Gasteiger partial charge in [-0.2, -0.15) is 0 Å². The van der Waals surface area contributed by atoms with E-state index in [0.717, 1.165) is 15.8 Å². The minimum absolute atomic E-state index is 0.107. The molecule has 0 spiro atoms. The largest absolute Gasteiger partial charge is 0.497 e. The van der Waals surface area contributed by atoms with E-state index in [2.05, 4.69) is 21.2 Å². The maximum atomic E-state index is 12.0. The molecule has 5 heteroatoms. The summed E-state index contributed by atoms with van der Waals surface area (Å²) < 4.78 is 5.95. The molecule has 0 radical (unpaired) electrons. The monoisotopic (exact) mass is 334 g/mol. The number of ether oxygens (including phenoxy) is 1. The summed E-state index contributed by atoms with van der Waals surface area (Å²) in [6.45, 7) is 0. The van der Waals surface area contributed by atoms with Crippen LogP contribution in [0.5, 0.6) is 5.75 Å². The quantitative estimate of drug-likeness (QED) is 0.843. The Balaban J connectivity index is 2.01. The van der Waals surface area contributed by atoms with E-state index in [4.69, 9.17) is 10.5 Å². The Morgan fingerprint density at radius 2 is 1.95 bits per heavy atom. The van der Waals surface area contributed by atoms with Crippen molar-refractivity contribution in [3.8, 4) is 5.75 Å². The Morgan fingerprint density at radius 1 is 1.25 bits per heavy atom. The number of anilines is 2. The molecular formula is C15H15BrN2O2. The number of halogens is 1. The van der Waals surface area contributed by atoms with Crippen LogP contribution in [0, 0.1) is 0 Å². The standard InChI is InChI=1S/C15H15BrN2O2/c1-20-12-5-2-10(3-6-12)8-15(19)18-14-7-4-11(16)9-13(14)17/h2-7,9H,8,17H2,1H3,(H,18,19). The van der Waals surface area contributed by atoms with Gasteiger partial charge in [0.05, 0.1) is 24.9 Å². The number of hydrogen-bond donors (Lipinski definition) is 2. The predicted molar refractivity (Wildman–Crippen MR) is 83.9 cm³/mol. The zero-order chi connectivity index (χ0) is 14.5. The summed E-state index contributed by atoms with van der Waals surface area (Å²) in [5.74, 6) is 0.663. The van der Waals surface area contributed by atoms with Crippen molar-refractivity contribution in [3.63, 3.8) is 0 Å². The van der Waals surface area contributed by atoms with Crippen LogP contribution in [-0.4, -0.2) is 13.0 Å². The van der Waals surface area contributed by atoms with E-state index in [1.807, 2.05) is 30.3 Å². The SMILES string of the molecule is COc1ccc(CC(=O)Nc2ccc(Br)cc2N)cc1. The van der Waals surface area contributed by atoms with E-state index < -0.39 is 0 Å². The van der Waals surface area contributed by atoms with Crippen LogP contribution in [0.1, 0.15) is 5.56 Å². The summed E-state index contributed by atoms with van der Waals surface area (Å²) in [4.78, 5) is 12.0. The number of nitrogens with one attached hydrogen (secondary N) is 1. The van der Waals surface area contributed by atoms with Crippen molar-refractivity contribution in [2.45, 2.75) is 6.42 Å². The molecule has 0 aliphatic rings. The predicted octanol–water partition coefficient (Wildman–Crippen LogP) is 3.22. The van der Waals surface area contributed by atoms with Crippen LogP contribution in [0.25, 0.3) is 0 Å². The average Bonchev–Trinajstić information content (AvgIpc) is 2.43. The molecule has 0 aromatic heterocycles. The van der Waals surface area contributed by atoms with E-state index in [1.165, 1.54) is 0 Å². The molecule has 0 saturated heterocycles. The fourth-order valence-electron chi connectivity index (χ4n) is 1.77. The minimum atomic E-state index is -0.107. The zero-order valence-electron chi connectivity index (χ0n) is 11.0. The Labute approximate surface area is 126 Å². The molecule has 3 N–H and O–H groups in total. The van der Waals surface area contributed by atoms with E-state index in [0.29, 0.717) is 17.8 Å². The van der Waals surface area contributed by atoms with Crippen LogP contribution in [0.2, 0.25) is 0 Å². The smallest absolute Gasteiger partial charge is 0.228 e. The van der Waals surface area contributed by atoms with Gasteiger partial charge < -0.3 is 15.8 Å². The van der Waals surface area contributed by atoms with Crippen molar-refractivity contribution in [1.82, 2.24) is 0 Å². The summed E-state index contributed by atoms with van der Waals surface area (Å²) in [6.07, 6.45) is 0.291. The van der Waals surface area contributed by atoms with Gasteiger partial charge in [-0.3, -0.25) is 4.79 Å². The molecular weight excluding hydrogens is 320 g/mol. The third-order valence-electron chi connectivity index (χ3n) is 2.81. The normalized spacial score (nSPS) is 10.1. The lowest BCUT2D eigenvalue weighted by molar-refractivity contribution is -0.115. The van der Waals surface area contributed by atoms with Gasteiger partial charge in [0.25, 0.3) is 0 Å². The van der Waals surface area contributed by atoms with Crippen LogP contribution >= 0.6 is 15.9 Å². The first kappa shape index (κ1) is 14.4. The molecule has 0 bridgehead atoms. The van der Waals surface area contributed by atoms with Crippen molar-refractivity contribution in [2.75, 3.05) is 18.2 Å². The maximum absolute atomic E-state index is 12.0. The number of nitrogen functional groups attached to an aromatic ring is 1. The van der Waals surface area contributed by atoms with Gasteiger partial charge in [0.2, 0.25) is 5.91 Å². The van der Waals surface area contributed by atoms with Gasteiger partial charge in [-0.1, -0.05) is 28.1 Å². The third-order valence-corrected chi connectivity index (χ3v) is 3.30. The Hall–Kier alpha value is -2.01. The minimum Gasteiger partial charge on any atom is -0.497 e. The van der Waals surface area contributed by atoms with Crippen LogP contribution in [-0.2, 0) is 11.2 Å². The van der Waals surface area contributed by atoms with Crippen LogP contribution in [0.3, 0.4) is 0 Å². The van der Waals surface area contributed by atoms with E-state index in [9.17, 15) is 4.79 Å². The lowest BCUT2D eigenvalue weighted by atomic mass is 10.1. The second-order valence-corrected chi connectivity index (χ2v) is 5.22. The summed E-state index contributed by atoms with van der Waals surface area (Å²) in [7, 11) is 1.61. The molecule has 2 aromatic rings. The highest BCUT2D eigenvalue weighted by atomic mass is 79.9. The summed E-state index contributed by atoms with van der Waals surface area (Å²) in [6, 6.07) is 12.7. The van der Waals surface area contributed by atoms with Gasteiger partial charge in [0.15, 0.2) is 0 Å². The number of carbonyl (C=O) groups is 1. The van der Waals surface area contributed by atoms with Crippen LogP contribution in [0.15, 0.2) is 46.9 Å². The molecule has 0 unspecified atom stereocenters. The molecule has 1 amide bonds. The van der Waals surface area contributed by atoms with Crippen molar-refractivity contribution in [1.29, 1.82) is 0 Å². The molecule has 104 valence electrons. The average molecular weight is 335 g/mol. The number of carbonyl (C=O) groups excluding carboxylic acids is 1. The first-order chi connectivity index (χ1) is 9.58. The highest BCUT2D eigenvalue weighted by Crippen LogP contribution is 2.23. The van der Waals surface area contributed by atoms with Crippen molar-refractivity contribution >= 4 is 33.2 Å². The molecule has 2 aromatic carbocycles. The number of methoxy groups -OCH3 is 1. The Bertz CT molecular complexity index is 612. The number of nitrogens with two attached hydrogens (primary N) is 1. The molecule has 20 heavy (non-hydrogen) atoms. The fraction of sp³-hybridized carbons (Fsp3) is 0.133. The number of rotatable bonds is 4. The molecule has 0 heterocycles. The van der Waals surface area contributed by atoms with Gasteiger partial charge in [0, 0.05) is 4.47 Å². The van der Waals surface area contributed by atoms with Gasteiger partial charge in [-0.15, -0.1) is 0 Å². The summed E-state index contributed by atoms with van der Waals surface area (Å²) in [5, 5.41) is 2.80. The van der Waals surface area contributed by atoms with Gasteiger partial charge >= 0.3 is 0 Å². The summed E-state index contributed by atoms with van der Waals surface area (Å²) >= 11 is 3.33. The van der Waals surface area contributed by atoms with Crippen LogP contribution < -0.4 is 15.8 Å². The molecule has 0 fully saturated rings. The van der Waals surface area contributed by atoms with E-state index >= 15 is 0 Å². The zero-order valence-corrected chi connectivity index (χ0v) is 12.6. The highest BCUT2D eigenvalue weighted by molar-refractivity contribution is 9.10. The molecule has 2 rings (SSSR count). The molecule has 0 atom stereocenters. The van der Waals surface area contributed by atoms with Gasteiger partial charge in [0.1, 0.15) is 5.75 Å². The van der Waals surface area contributed by atoms with Gasteiger partial charge in [-0.25, -0.2) is 0 Å². The first-order valence-corrected chi connectivity index (χ1v) is 6.85. The lowest BCUT2D eigenvalue weighted by Crippen LogP contribution is -2.15. The van der Waals surface area contributed by atoms with Crippen molar-refractivity contribution < 1.29 is 9.53 Å². The van der Waals surface area contributed by atoms with Crippen molar-refractivity contribution in [3.05, 3.63) is 52.5 Å². The first-order valence-electron chi connectivity index (χ1n) is 6.06. The fourth-order valence-corrected chi connectivity index (χ4v) is 2.15. The maximum Gasteiger partial charge on any atom is 0.228 e. The Kier molecular flexibility index (Phi) is 4.63. The van der Waals surface area contributed by atoms with Crippen LogP contribution in [0.4, 0.5) is 11.4 Å². The lowest BCUT2D eigenvalue weighted by Gasteiger charge is -2.09. The molecule has 0 aliphatic carbocycles. The molecule has 0 aliphatic heterocycles. The second-order valence-electron chi connectivity index (χ2n) is 4.30. The number of benzene rings is 2. The number of hydrogen-bond acceptors (Lipinski definition) is 3. The number of amides is 1. The third kappa shape index (κ3) is 3.74. The molecule has 4 nitrogen and oxygen atoms in total. The molecule has 0 saturated carbocycles. The summed E-state index contributed by atoms with van der Waals surface area (Å²) in [5.41, 5.74) is 7.90.